The number of amides is 1. The van der Waals surface area contributed by atoms with Gasteiger partial charge < -0.3 is 10.6 Å². The zero-order chi connectivity index (χ0) is 11.1. The lowest BCUT2D eigenvalue weighted by molar-refractivity contribution is -0.116. The van der Waals surface area contributed by atoms with Crippen molar-refractivity contribution in [1.29, 1.82) is 0 Å². The topological polar surface area (TPSA) is 41.1 Å². The molecule has 0 radical (unpaired) electrons. The molecule has 0 aliphatic carbocycles. The van der Waals surface area contributed by atoms with Gasteiger partial charge in [-0.1, -0.05) is 17.2 Å². The minimum atomic E-state index is 0.0181. The van der Waals surface area contributed by atoms with Crippen LogP contribution in [0.2, 0.25) is 0 Å². The van der Waals surface area contributed by atoms with Gasteiger partial charge in [-0.3, -0.25) is 4.79 Å². The third kappa shape index (κ3) is 5.37. The maximum absolute atomic E-state index is 11.3. The number of allylic oxidation sites excluding steroid dienone is 1. The van der Waals surface area contributed by atoms with E-state index in [0.717, 1.165) is 38.0 Å². The van der Waals surface area contributed by atoms with E-state index in [4.69, 9.17) is 0 Å². The molecule has 3 nitrogen and oxygen atoms in total. The maximum Gasteiger partial charge on any atom is 0.243 e. The summed E-state index contributed by atoms with van der Waals surface area (Å²) in [7, 11) is 0. The number of nitrogens with one attached hydrogen (secondary N) is 2. The standard InChI is InChI=1S/C12H20N2O/c1-10(2)9-12(15)14-8-5-11-3-6-13-7-4-11/h3,9,13H,4-8H2,1-2H3,(H,14,15). The van der Waals surface area contributed by atoms with Gasteiger partial charge in [0.05, 0.1) is 0 Å². The summed E-state index contributed by atoms with van der Waals surface area (Å²) in [5, 5.41) is 6.15. The minimum Gasteiger partial charge on any atom is -0.352 e. The second-order valence-corrected chi connectivity index (χ2v) is 4.08. The second-order valence-electron chi connectivity index (χ2n) is 4.08. The Hall–Kier alpha value is -1.09. The van der Waals surface area contributed by atoms with E-state index >= 15 is 0 Å². The molecule has 0 aromatic rings. The number of rotatable bonds is 4. The highest BCUT2D eigenvalue weighted by molar-refractivity contribution is 5.87. The van der Waals surface area contributed by atoms with Crippen molar-refractivity contribution in [3.63, 3.8) is 0 Å². The maximum atomic E-state index is 11.3. The van der Waals surface area contributed by atoms with E-state index in [9.17, 15) is 4.79 Å². The lowest BCUT2D eigenvalue weighted by Gasteiger charge is -2.13. The van der Waals surface area contributed by atoms with Gasteiger partial charge in [0, 0.05) is 19.2 Å². The van der Waals surface area contributed by atoms with Crippen molar-refractivity contribution >= 4 is 5.91 Å². The highest BCUT2D eigenvalue weighted by Crippen LogP contribution is 2.07. The average molecular weight is 208 g/mol. The summed E-state index contributed by atoms with van der Waals surface area (Å²) >= 11 is 0. The molecular formula is C12H20N2O. The van der Waals surface area contributed by atoms with E-state index in [-0.39, 0.29) is 5.91 Å². The zero-order valence-corrected chi connectivity index (χ0v) is 9.60. The molecule has 0 atom stereocenters. The fourth-order valence-corrected chi connectivity index (χ4v) is 1.56. The van der Waals surface area contributed by atoms with Gasteiger partial charge in [-0.25, -0.2) is 0 Å². The fraction of sp³-hybridized carbons (Fsp3) is 0.583. The van der Waals surface area contributed by atoms with Crippen LogP contribution in [0.3, 0.4) is 0 Å². The Bertz CT molecular complexity index is 275. The van der Waals surface area contributed by atoms with Crippen LogP contribution in [0.5, 0.6) is 0 Å². The van der Waals surface area contributed by atoms with Crippen LogP contribution >= 0.6 is 0 Å². The van der Waals surface area contributed by atoms with Crippen molar-refractivity contribution in [2.45, 2.75) is 26.7 Å². The molecule has 15 heavy (non-hydrogen) atoms. The minimum absolute atomic E-state index is 0.0181. The van der Waals surface area contributed by atoms with Crippen LogP contribution in [0.15, 0.2) is 23.3 Å². The Morgan fingerprint density at radius 1 is 1.60 bits per heavy atom. The number of carbonyl (C=O) groups excluding carboxylic acids is 1. The molecule has 0 bridgehead atoms. The molecule has 0 saturated carbocycles. The first kappa shape index (κ1) is 12.0. The molecule has 0 spiro atoms. The van der Waals surface area contributed by atoms with E-state index in [2.05, 4.69) is 16.7 Å². The Morgan fingerprint density at radius 2 is 2.40 bits per heavy atom. The Labute approximate surface area is 91.6 Å². The molecule has 84 valence electrons. The van der Waals surface area contributed by atoms with Crippen LogP contribution in [0.1, 0.15) is 26.7 Å². The van der Waals surface area contributed by atoms with Crippen molar-refractivity contribution in [1.82, 2.24) is 10.6 Å². The van der Waals surface area contributed by atoms with E-state index < -0.39 is 0 Å². The Balaban J connectivity index is 2.18. The van der Waals surface area contributed by atoms with Crippen LogP contribution in [0.25, 0.3) is 0 Å². The normalized spacial score (nSPS) is 15.5. The third-order valence-corrected chi connectivity index (χ3v) is 2.32. The molecule has 0 unspecified atom stereocenters. The molecule has 0 aromatic heterocycles. The van der Waals surface area contributed by atoms with Crippen LogP contribution in [-0.4, -0.2) is 25.5 Å². The highest BCUT2D eigenvalue weighted by atomic mass is 16.1. The van der Waals surface area contributed by atoms with Gasteiger partial charge in [-0.15, -0.1) is 0 Å². The van der Waals surface area contributed by atoms with Crippen molar-refractivity contribution in [2.75, 3.05) is 19.6 Å². The smallest absolute Gasteiger partial charge is 0.243 e. The molecule has 0 fully saturated rings. The predicted octanol–water partition coefficient (Wildman–Crippen LogP) is 1.38. The lowest BCUT2D eigenvalue weighted by Crippen LogP contribution is -2.25. The summed E-state index contributed by atoms with van der Waals surface area (Å²) in [5.41, 5.74) is 2.49. The summed E-state index contributed by atoms with van der Waals surface area (Å²) in [5.74, 6) is 0.0181. The largest absolute Gasteiger partial charge is 0.352 e. The first-order valence-corrected chi connectivity index (χ1v) is 5.50. The van der Waals surface area contributed by atoms with Crippen molar-refractivity contribution in [2.24, 2.45) is 0 Å². The van der Waals surface area contributed by atoms with Crippen LogP contribution in [0.4, 0.5) is 0 Å². The van der Waals surface area contributed by atoms with Crippen molar-refractivity contribution in [3.8, 4) is 0 Å². The monoisotopic (exact) mass is 208 g/mol. The second kappa shape index (κ2) is 6.40. The third-order valence-electron chi connectivity index (χ3n) is 2.32. The molecule has 3 heteroatoms. The Kier molecular flexibility index (Phi) is 5.12. The zero-order valence-electron chi connectivity index (χ0n) is 9.60. The van der Waals surface area contributed by atoms with Crippen molar-refractivity contribution < 1.29 is 4.79 Å². The predicted molar refractivity (Wildman–Crippen MR) is 62.6 cm³/mol. The molecule has 2 N–H and O–H groups in total. The molecular weight excluding hydrogens is 188 g/mol. The van der Waals surface area contributed by atoms with Gasteiger partial charge in [-0.2, -0.15) is 0 Å². The van der Waals surface area contributed by atoms with Gasteiger partial charge in [0.15, 0.2) is 0 Å². The van der Waals surface area contributed by atoms with E-state index in [0.29, 0.717) is 0 Å². The number of carbonyl (C=O) groups is 1. The molecule has 0 saturated heterocycles. The highest BCUT2D eigenvalue weighted by Gasteiger charge is 2.03. The van der Waals surface area contributed by atoms with E-state index in [1.807, 2.05) is 13.8 Å². The van der Waals surface area contributed by atoms with Crippen molar-refractivity contribution in [3.05, 3.63) is 23.3 Å². The fourth-order valence-electron chi connectivity index (χ4n) is 1.56. The van der Waals surface area contributed by atoms with Crippen LogP contribution < -0.4 is 10.6 Å². The Morgan fingerprint density at radius 3 is 3.00 bits per heavy atom. The molecule has 1 amide bonds. The van der Waals surface area contributed by atoms with Gasteiger partial charge in [0.25, 0.3) is 0 Å². The quantitative estimate of drug-likeness (QED) is 0.541. The van der Waals surface area contributed by atoms with Gasteiger partial charge in [-0.05, 0) is 33.2 Å². The van der Waals surface area contributed by atoms with Crippen LogP contribution in [-0.2, 0) is 4.79 Å². The van der Waals surface area contributed by atoms with Gasteiger partial charge >= 0.3 is 0 Å². The lowest BCUT2D eigenvalue weighted by atomic mass is 10.1. The summed E-state index contributed by atoms with van der Waals surface area (Å²) in [6, 6.07) is 0. The number of hydrogen-bond acceptors (Lipinski definition) is 2. The molecule has 0 aromatic carbocycles. The summed E-state index contributed by atoms with van der Waals surface area (Å²) in [6.07, 6.45) is 5.94. The molecule has 1 rings (SSSR count). The molecule has 1 aliphatic rings. The van der Waals surface area contributed by atoms with E-state index in [1.165, 1.54) is 5.57 Å². The molecule has 1 heterocycles. The van der Waals surface area contributed by atoms with Gasteiger partial charge in [0.2, 0.25) is 5.91 Å². The number of hydrogen-bond donors (Lipinski definition) is 2. The summed E-state index contributed by atoms with van der Waals surface area (Å²) in [4.78, 5) is 11.3. The first-order chi connectivity index (χ1) is 7.18. The molecule has 1 aliphatic heterocycles. The summed E-state index contributed by atoms with van der Waals surface area (Å²) < 4.78 is 0. The first-order valence-electron chi connectivity index (χ1n) is 5.50. The summed E-state index contributed by atoms with van der Waals surface area (Å²) in [6.45, 7) is 6.63. The van der Waals surface area contributed by atoms with Gasteiger partial charge in [0.1, 0.15) is 0 Å². The average Bonchev–Trinajstić information content (AvgIpc) is 2.18. The van der Waals surface area contributed by atoms with Crippen LogP contribution in [0, 0.1) is 0 Å². The SMILES string of the molecule is CC(C)=CC(=O)NCCC1=CCNCC1. The van der Waals surface area contributed by atoms with E-state index in [1.54, 1.807) is 6.08 Å².